The second kappa shape index (κ2) is 13.7. The Morgan fingerprint density at radius 2 is 1.62 bits per heavy atom. The van der Waals surface area contributed by atoms with E-state index in [9.17, 15) is 27.6 Å². The zero-order valence-corrected chi connectivity index (χ0v) is 25.1. The molecule has 0 aromatic heterocycles. The number of piperazine rings is 1. The van der Waals surface area contributed by atoms with Crippen LogP contribution in [0.3, 0.4) is 0 Å². The molecule has 45 heavy (non-hydrogen) atoms. The second-order valence-electron chi connectivity index (χ2n) is 11.6. The molecule has 8 nitrogen and oxygen atoms in total. The van der Waals surface area contributed by atoms with Crippen LogP contribution >= 0.6 is 0 Å². The van der Waals surface area contributed by atoms with E-state index in [1.165, 1.54) is 9.80 Å². The third-order valence-corrected chi connectivity index (χ3v) is 8.30. The molecule has 0 aliphatic carbocycles. The van der Waals surface area contributed by atoms with Gasteiger partial charge in [0.1, 0.15) is 18.8 Å². The van der Waals surface area contributed by atoms with Crippen molar-refractivity contribution >= 4 is 17.9 Å². The number of amides is 3. The standard InChI is InChI=1S/C34H37F3N4O4/c1-23-15-26(17-27(16-23)34(35,36)37)22-45-33(44)40-28(18-24-9-4-2-5-10-24)19-31(42)41-29(13-8-14-38)32(43)39(21-30(40)41)20-25-11-6-3-7-12-25/h2-7,9-12,15-17,28-30H,8,13-14,18-22,38H2,1H3/t28?,29-,30?/m0/s1. The summed E-state index contributed by atoms with van der Waals surface area (Å²) in [6.45, 7) is 1.83. The smallest absolute Gasteiger partial charge is 0.416 e. The summed E-state index contributed by atoms with van der Waals surface area (Å²) in [5.41, 5.74) is 7.36. The topological polar surface area (TPSA) is 96.2 Å². The molecular weight excluding hydrogens is 585 g/mol. The molecule has 0 bridgehead atoms. The van der Waals surface area contributed by atoms with Gasteiger partial charge in [0.25, 0.3) is 0 Å². The molecule has 0 saturated carbocycles. The van der Waals surface area contributed by atoms with E-state index in [1.54, 1.807) is 17.9 Å². The molecule has 0 spiro atoms. The summed E-state index contributed by atoms with van der Waals surface area (Å²) < 4.78 is 46.1. The summed E-state index contributed by atoms with van der Waals surface area (Å²) in [4.78, 5) is 46.2. The van der Waals surface area contributed by atoms with Crippen molar-refractivity contribution in [1.29, 1.82) is 0 Å². The number of hydrogen-bond donors (Lipinski definition) is 1. The Morgan fingerprint density at radius 3 is 2.27 bits per heavy atom. The van der Waals surface area contributed by atoms with Gasteiger partial charge in [-0.1, -0.05) is 72.3 Å². The van der Waals surface area contributed by atoms with E-state index < -0.39 is 36.1 Å². The molecule has 238 valence electrons. The summed E-state index contributed by atoms with van der Waals surface area (Å²) in [5, 5.41) is 0. The van der Waals surface area contributed by atoms with Gasteiger partial charge >= 0.3 is 12.3 Å². The average molecular weight is 623 g/mol. The Balaban J connectivity index is 1.48. The second-order valence-corrected chi connectivity index (χ2v) is 11.6. The molecule has 2 heterocycles. The molecule has 3 aromatic carbocycles. The highest BCUT2D eigenvalue weighted by atomic mass is 19.4. The molecule has 3 amide bonds. The number of fused-ring (bicyclic) bond motifs is 1. The van der Waals surface area contributed by atoms with E-state index in [0.717, 1.165) is 23.3 Å². The highest BCUT2D eigenvalue weighted by molar-refractivity contribution is 5.91. The van der Waals surface area contributed by atoms with E-state index in [1.807, 2.05) is 60.7 Å². The van der Waals surface area contributed by atoms with Crippen LogP contribution in [0.2, 0.25) is 0 Å². The van der Waals surface area contributed by atoms with Gasteiger partial charge in [-0.3, -0.25) is 14.5 Å². The lowest BCUT2D eigenvalue weighted by Crippen LogP contribution is -2.73. The first-order chi connectivity index (χ1) is 21.5. The van der Waals surface area contributed by atoms with Crippen molar-refractivity contribution in [3.05, 3.63) is 107 Å². The minimum absolute atomic E-state index is 0.0335. The van der Waals surface area contributed by atoms with Crippen molar-refractivity contribution in [3.63, 3.8) is 0 Å². The summed E-state index contributed by atoms with van der Waals surface area (Å²) in [6.07, 6.45) is -4.99. The van der Waals surface area contributed by atoms with Crippen LogP contribution in [-0.2, 0) is 40.1 Å². The first kappa shape index (κ1) is 32.0. The highest BCUT2D eigenvalue weighted by Gasteiger charge is 2.52. The predicted molar refractivity (Wildman–Crippen MR) is 161 cm³/mol. The van der Waals surface area contributed by atoms with Crippen LogP contribution in [0.25, 0.3) is 0 Å². The molecule has 3 atom stereocenters. The number of hydrogen-bond acceptors (Lipinski definition) is 5. The van der Waals surface area contributed by atoms with Crippen molar-refractivity contribution in [1.82, 2.24) is 14.7 Å². The van der Waals surface area contributed by atoms with Gasteiger partial charge in [-0.25, -0.2) is 4.79 Å². The van der Waals surface area contributed by atoms with Crippen LogP contribution in [0.5, 0.6) is 0 Å². The fraction of sp³-hybridized carbons (Fsp3) is 0.382. The van der Waals surface area contributed by atoms with Gasteiger partial charge in [-0.2, -0.15) is 13.2 Å². The van der Waals surface area contributed by atoms with Gasteiger partial charge in [0.05, 0.1) is 12.1 Å². The summed E-state index contributed by atoms with van der Waals surface area (Å²) in [6, 6.07) is 21.0. The molecule has 2 fully saturated rings. The van der Waals surface area contributed by atoms with E-state index in [0.29, 0.717) is 31.4 Å². The molecule has 0 radical (unpaired) electrons. The number of nitrogens with two attached hydrogens (primary N) is 1. The summed E-state index contributed by atoms with van der Waals surface area (Å²) >= 11 is 0. The zero-order chi connectivity index (χ0) is 32.1. The van der Waals surface area contributed by atoms with Gasteiger partial charge in [-0.15, -0.1) is 0 Å². The van der Waals surface area contributed by atoms with E-state index in [-0.39, 0.29) is 43.5 Å². The maximum atomic E-state index is 14.0. The number of aryl methyl sites for hydroxylation is 1. The fourth-order valence-corrected chi connectivity index (χ4v) is 6.30. The fourth-order valence-electron chi connectivity index (χ4n) is 6.30. The number of halogens is 3. The minimum Gasteiger partial charge on any atom is -0.444 e. The summed E-state index contributed by atoms with van der Waals surface area (Å²) in [5.74, 6) is -0.459. The Morgan fingerprint density at radius 1 is 0.956 bits per heavy atom. The van der Waals surface area contributed by atoms with Crippen LogP contribution in [0, 0.1) is 6.92 Å². The van der Waals surface area contributed by atoms with Crippen LogP contribution in [0.4, 0.5) is 18.0 Å². The molecule has 2 aliphatic heterocycles. The number of nitrogens with zero attached hydrogens (tertiary/aromatic N) is 3. The van der Waals surface area contributed by atoms with Crippen molar-refractivity contribution in [2.75, 3.05) is 13.1 Å². The number of alkyl halides is 3. The largest absolute Gasteiger partial charge is 0.444 e. The Labute approximate surface area is 260 Å². The van der Waals surface area contributed by atoms with Crippen LogP contribution in [0.15, 0.2) is 78.9 Å². The Hall–Kier alpha value is -4.38. The Kier molecular flexibility index (Phi) is 9.77. The molecule has 5 rings (SSSR count). The molecule has 11 heteroatoms. The third kappa shape index (κ3) is 7.47. The zero-order valence-electron chi connectivity index (χ0n) is 25.1. The lowest BCUT2D eigenvalue weighted by atomic mass is 9.93. The van der Waals surface area contributed by atoms with Crippen LogP contribution < -0.4 is 5.73 Å². The number of ether oxygens (including phenoxy) is 1. The van der Waals surface area contributed by atoms with E-state index in [2.05, 4.69) is 0 Å². The average Bonchev–Trinajstić information content (AvgIpc) is 3.00. The predicted octanol–water partition coefficient (Wildman–Crippen LogP) is 5.27. The lowest BCUT2D eigenvalue weighted by Gasteiger charge is -2.54. The highest BCUT2D eigenvalue weighted by Crippen LogP contribution is 2.34. The maximum absolute atomic E-state index is 14.0. The Bertz CT molecular complexity index is 1500. The summed E-state index contributed by atoms with van der Waals surface area (Å²) in [7, 11) is 0. The number of carbonyl (C=O) groups is 3. The van der Waals surface area contributed by atoms with Gasteiger partial charge in [-0.05, 0) is 61.6 Å². The molecule has 2 aliphatic rings. The van der Waals surface area contributed by atoms with Gasteiger partial charge in [0.15, 0.2) is 0 Å². The SMILES string of the molecule is Cc1cc(COC(=O)N2C(Cc3ccccc3)CC(=O)N3C2CN(Cc2ccccc2)C(=O)[C@@H]3CCCN)cc(C(F)(F)F)c1. The molecule has 3 aromatic rings. The van der Waals surface area contributed by atoms with Crippen molar-refractivity contribution < 1.29 is 32.3 Å². The van der Waals surface area contributed by atoms with Crippen LogP contribution in [0.1, 0.15) is 47.1 Å². The number of benzene rings is 3. The first-order valence-corrected chi connectivity index (χ1v) is 15.1. The van der Waals surface area contributed by atoms with Crippen molar-refractivity contribution in [2.45, 2.75) is 70.2 Å². The normalized spacial score (nSPS) is 20.3. The van der Waals surface area contributed by atoms with Crippen molar-refractivity contribution in [2.24, 2.45) is 5.73 Å². The molecular formula is C34H37F3N4O4. The maximum Gasteiger partial charge on any atom is 0.416 e. The van der Waals surface area contributed by atoms with E-state index >= 15 is 0 Å². The quantitative estimate of drug-likeness (QED) is 0.351. The first-order valence-electron chi connectivity index (χ1n) is 15.1. The molecule has 2 saturated heterocycles. The van der Waals surface area contributed by atoms with Gasteiger partial charge < -0.3 is 20.3 Å². The lowest BCUT2D eigenvalue weighted by molar-refractivity contribution is -0.172. The van der Waals surface area contributed by atoms with Crippen LogP contribution in [-0.4, -0.2) is 63.9 Å². The molecule has 2 unspecified atom stereocenters. The van der Waals surface area contributed by atoms with E-state index in [4.69, 9.17) is 10.5 Å². The van der Waals surface area contributed by atoms with Crippen molar-refractivity contribution in [3.8, 4) is 0 Å². The number of rotatable bonds is 9. The number of carbonyl (C=O) groups excluding carboxylic acids is 3. The van der Waals surface area contributed by atoms with Gasteiger partial charge in [0, 0.05) is 19.0 Å². The molecule has 2 N–H and O–H groups in total. The third-order valence-electron chi connectivity index (χ3n) is 8.30. The van der Waals surface area contributed by atoms with Gasteiger partial charge in [0.2, 0.25) is 11.8 Å². The minimum atomic E-state index is -4.55. The monoisotopic (exact) mass is 622 g/mol.